The summed E-state index contributed by atoms with van der Waals surface area (Å²) in [5.74, 6) is 0. The molecule has 0 fully saturated rings. The van der Waals surface area contributed by atoms with Gasteiger partial charge in [-0.3, -0.25) is 0 Å². The van der Waals surface area contributed by atoms with E-state index in [9.17, 15) is 5.11 Å². The van der Waals surface area contributed by atoms with E-state index in [0.717, 1.165) is 5.56 Å². The molecule has 0 heterocycles. The molecule has 2 heteroatoms. The third kappa shape index (κ3) is 3.46. The zero-order valence-corrected chi connectivity index (χ0v) is 11.8. The lowest BCUT2D eigenvalue weighted by atomic mass is 10.2. The van der Waals surface area contributed by atoms with Gasteiger partial charge in [0.25, 0.3) is 0 Å². The van der Waals surface area contributed by atoms with Crippen LogP contribution in [-0.4, -0.2) is 13.2 Å². The maximum Gasteiger partial charge on any atom is 0.0811 e. The van der Waals surface area contributed by atoms with Gasteiger partial charge in [-0.25, -0.2) is 0 Å². The summed E-state index contributed by atoms with van der Waals surface area (Å²) in [5, 5.41) is 10.8. The zero-order chi connectivity index (χ0) is 12.0. The summed E-state index contributed by atoms with van der Waals surface area (Å²) in [5.41, 5.74) is 1.13. The van der Waals surface area contributed by atoms with Crippen molar-refractivity contribution in [2.45, 2.75) is 51.9 Å². The van der Waals surface area contributed by atoms with Crippen LogP contribution >= 0.6 is 0 Å². The minimum atomic E-state index is -1.34. The highest BCUT2D eigenvalue weighted by Gasteiger charge is 2.24. The Kier molecular flexibility index (Phi) is 5.23. The highest BCUT2D eigenvalue weighted by molar-refractivity contribution is 6.90. The molecule has 0 aromatic heterocycles. The molecule has 1 aromatic rings. The fraction of sp³-hybridized carbons (Fsp3) is 0.571. The molecule has 0 atom stereocenters. The Balaban J connectivity index is 2.79. The van der Waals surface area contributed by atoms with E-state index in [1.54, 1.807) is 0 Å². The molecule has 0 aliphatic heterocycles. The van der Waals surface area contributed by atoms with Crippen LogP contribution in [0.3, 0.4) is 0 Å². The molecule has 16 heavy (non-hydrogen) atoms. The first kappa shape index (κ1) is 13.5. The topological polar surface area (TPSA) is 20.2 Å². The van der Waals surface area contributed by atoms with Crippen LogP contribution < -0.4 is 5.19 Å². The standard InChI is InChI=1S/C14H24OSi/c1-4-5-8-11-16(2,3)14-10-7-6-9-13(14)12-15/h6-7,9-10,15H,4-5,8,11-12H2,1-3H3. The highest BCUT2D eigenvalue weighted by Crippen LogP contribution is 2.16. The molecule has 0 bridgehead atoms. The monoisotopic (exact) mass is 236 g/mol. The van der Waals surface area contributed by atoms with Gasteiger partial charge in [0, 0.05) is 0 Å². The molecule has 0 saturated heterocycles. The van der Waals surface area contributed by atoms with E-state index < -0.39 is 8.07 Å². The summed E-state index contributed by atoms with van der Waals surface area (Å²) in [4.78, 5) is 0. The molecule has 0 amide bonds. The average Bonchev–Trinajstić information content (AvgIpc) is 2.29. The molecule has 1 rings (SSSR count). The molecular formula is C14H24OSi. The number of aliphatic hydroxyl groups is 1. The van der Waals surface area contributed by atoms with Crippen LogP contribution in [0.15, 0.2) is 24.3 Å². The van der Waals surface area contributed by atoms with Gasteiger partial charge in [0.15, 0.2) is 0 Å². The smallest absolute Gasteiger partial charge is 0.0811 e. The van der Waals surface area contributed by atoms with E-state index >= 15 is 0 Å². The Bertz CT molecular complexity index is 320. The van der Waals surface area contributed by atoms with Crippen molar-refractivity contribution in [1.82, 2.24) is 0 Å². The second kappa shape index (κ2) is 6.21. The molecule has 0 radical (unpaired) electrons. The van der Waals surface area contributed by atoms with Crippen LogP contribution in [0.5, 0.6) is 0 Å². The van der Waals surface area contributed by atoms with Crippen molar-refractivity contribution in [2.24, 2.45) is 0 Å². The van der Waals surface area contributed by atoms with E-state index in [0.29, 0.717) is 0 Å². The molecule has 1 N–H and O–H groups in total. The predicted molar refractivity (Wildman–Crippen MR) is 73.8 cm³/mol. The highest BCUT2D eigenvalue weighted by atomic mass is 28.3. The van der Waals surface area contributed by atoms with Gasteiger partial charge in [0.05, 0.1) is 14.7 Å². The van der Waals surface area contributed by atoms with E-state index in [4.69, 9.17) is 0 Å². The minimum absolute atomic E-state index is 0.181. The van der Waals surface area contributed by atoms with Crippen LogP contribution in [-0.2, 0) is 6.61 Å². The molecule has 0 aliphatic carbocycles. The van der Waals surface area contributed by atoms with Gasteiger partial charge in [0.1, 0.15) is 0 Å². The molecule has 0 aliphatic rings. The first-order chi connectivity index (χ1) is 7.61. The summed E-state index contributed by atoms with van der Waals surface area (Å²) in [7, 11) is -1.34. The van der Waals surface area contributed by atoms with Gasteiger partial charge in [-0.1, -0.05) is 74.8 Å². The SMILES string of the molecule is CCCCC[Si](C)(C)c1ccccc1CO. The van der Waals surface area contributed by atoms with E-state index in [1.165, 1.54) is 30.5 Å². The van der Waals surface area contributed by atoms with Gasteiger partial charge >= 0.3 is 0 Å². The maximum absolute atomic E-state index is 9.38. The maximum atomic E-state index is 9.38. The molecule has 0 spiro atoms. The number of hydrogen-bond acceptors (Lipinski definition) is 1. The average molecular weight is 236 g/mol. The molecule has 1 aromatic carbocycles. The van der Waals surface area contributed by atoms with Crippen LogP contribution in [0.25, 0.3) is 0 Å². The summed E-state index contributed by atoms with van der Waals surface area (Å²) >= 11 is 0. The van der Waals surface area contributed by atoms with Crippen LogP contribution in [0.1, 0.15) is 31.7 Å². The van der Waals surface area contributed by atoms with Gasteiger partial charge in [-0.05, 0) is 5.56 Å². The lowest BCUT2D eigenvalue weighted by Gasteiger charge is -2.25. The van der Waals surface area contributed by atoms with Crippen LogP contribution in [0, 0.1) is 0 Å². The van der Waals surface area contributed by atoms with Crippen molar-refractivity contribution in [3.63, 3.8) is 0 Å². The predicted octanol–water partition coefficient (Wildman–Crippen LogP) is 3.28. The number of rotatable bonds is 6. The van der Waals surface area contributed by atoms with E-state index in [2.05, 4.69) is 38.2 Å². The summed E-state index contributed by atoms with van der Waals surface area (Å²) in [6, 6.07) is 9.72. The fourth-order valence-electron chi connectivity index (χ4n) is 2.27. The third-order valence-electron chi connectivity index (χ3n) is 3.32. The molecular weight excluding hydrogens is 212 g/mol. The number of benzene rings is 1. The normalized spacial score (nSPS) is 11.8. The Morgan fingerprint density at radius 1 is 1.12 bits per heavy atom. The van der Waals surface area contributed by atoms with Crippen molar-refractivity contribution < 1.29 is 5.11 Å². The second-order valence-corrected chi connectivity index (χ2v) is 9.96. The third-order valence-corrected chi connectivity index (χ3v) is 6.87. The van der Waals surface area contributed by atoms with Crippen molar-refractivity contribution >= 4 is 13.3 Å². The number of hydrogen-bond donors (Lipinski definition) is 1. The second-order valence-electron chi connectivity index (χ2n) is 5.16. The minimum Gasteiger partial charge on any atom is -0.392 e. The lowest BCUT2D eigenvalue weighted by Crippen LogP contribution is -2.43. The molecule has 1 nitrogen and oxygen atoms in total. The first-order valence-electron chi connectivity index (χ1n) is 6.31. The van der Waals surface area contributed by atoms with E-state index in [-0.39, 0.29) is 6.61 Å². The fourth-order valence-corrected chi connectivity index (χ4v) is 5.25. The molecule has 0 unspecified atom stereocenters. The van der Waals surface area contributed by atoms with Crippen molar-refractivity contribution in [3.05, 3.63) is 29.8 Å². The Morgan fingerprint density at radius 2 is 1.81 bits per heavy atom. The molecule has 0 saturated carbocycles. The van der Waals surface area contributed by atoms with Gasteiger partial charge < -0.3 is 5.11 Å². The Labute approximate surface area is 101 Å². The van der Waals surface area contributed by atoms with Crippen LogP contribution in [0.2, 0.25) is 19.1 Å². The first-order valence-corrected chi connectivity index (χ1v) is 9.51. The van der Waals surface area contributed by atoms with Gasteiger partial charge in [-0.2, -0.15) is 0 Å². The quantitative estimate of drug-likeness (QED) is 0.593. The summed E-state index contributed by atoms with van der Waals surface area (Å²) in [6.07, 6.45) is 3.94. The van der Waals surface area contributed by atoms with Gasteiger partial charge in [0.2, 0.25) is 0 Å². The number of unbranched alkanes of at least 4 members (excludes halogenated alkanes) is 2. The van der Waals surface area contributed by atoms with Crippen molar-refractivity contribution in [1.29, 1.82) is 0 Å². The summed E-state index contributed by atoms with van der Waals surface area (Å²) in [6.45, 7) is 7.25. The van der Waals surface area contributed by atoms with Crippen LogP contribution in [0.4, 0.5) is 0 Å². The van der Waals surface area contributed by atoms with E-state index in [1.807, 2.05) is 6.07 Å². The zero-order valence-electron chi connectivity index (χ0n) is 10.8. The van der Waals surface area contributed by atoms with Crippen molar-refractivity contribution in [3.8, 4) is 0 Å². The lowest BCUT2D eigenvalue weighted by molar-refractivity contribution is 0.283. The van der Waals surface area contributed by atoms with Crippen molar-refractivity contribution in [2.75, 3.05) is 0 Å². The number of aliphatic hydroxyl groups excluding tert-OH is 1. The van der Waals surface area contributed by atoms with Gasteiger partial charge in [-0.15, -0.1) is 0 Å². The summed E-state index contributed by atoms with van der Waals surface area (Å²) < 4.78 is 0. The Morgan fingerprint density at radius 3 is 2.44 bits per heavy atom. The molecule has 90 valence electrons. The largest absolute Gasteiger partial charge is 0.392 e. The Hall–Kier alpha value is -0.603.